The van der Waals surface area contributed by atoms with Crippen molar-refractivity contribution in [2.24, 2.45) is 0 Å². The molecule has 0 radical (unpaired) electrons. The Kier molecular flexibility index (Phi) is 5.81. The van der Waals surface area contributed by atoms with Crippen LogP contribution in [0.5, 0.6) is 11.5 Å². The molecule has 7 heteroatoms. The van der Waals surface area contributed by atoms with Gasteiger partial charge in [0.2, 0.25) is 0 Å². The van der Waals surface area contributed by atoms with Gasteiger partial charge in [-0.1, -0.05) is 6.07 Å². The molecule has 0 saturated carbocycles. The number of nitrogens with one attached hydrogen (secondary N) is 1. The Balaban J connectivity index is 2.05. The Morgan fingerprint density at radius 1 is 1.17 bits per heavy atom. The summed E-state index contributed by atoms with van der Waals surface area (Å²) in [7, 11) is 2.87. The SMILES string of the molecule is COC(=O)c1c(NC(=O)COc2cccc(OC)c2)sc(C)c1C. The summed E-state index contributed by atoms with van der Waals surface area (Å²) in [6, 6.07) is 6.97. The third-order valence-corrected chi connectivity index (χ3v) is 4.56. The first-order valence-corrected chi connectivity index (χ1v) is 8.03. The van der Waals surface area contributed by atoms with Gasteiger partial charge in [-0.3, -0.25) is 4.79 Å². The molecule has 0 fully saturated rings. The maximum atomic E-state index is 12.1. The molecule has 0 aliphatic heterocycles. The van der Waals surface area contributed by atoms with Gasteiger partial charge >= 0.3 is 5.97 Å². The number of aryl methyl sites for hydroxylation is 1. The molecule has 1 heterocycles. The quantitative estimate of drug-likeness (QED) is 0.811. The van der Waals surface area contributed by atoms with Crippen molar-refractivity contribution in [3.05, 3.63) is 40.3 Å². The van der Waals surface area contributed by atoms with Crippen LogP contribution in [0, 0.1) is 13.8 Å². The molecule has 1 N–H and O–H groups in total. The highest BCUT2D eigenvalue weighted by molar-refractivity contribution is 7.16. The van der Waals surface area contributed by atoms with E-state index in [9.17, 15) is 9.59 Å². The maximum Gasteiger partial charge on any atom is 0.341 e. The molecule has 1 amide bonds. The summed E-state index contributed by atoms with van der Waals surface area (Å²) in [6.07, 6.45) is 0. The van der Waals surface area contributed by atoms with Crippen LogP contribution in [0.3, 0.4) is 0 Å². The molecule has 128 valence electrons. The Bertz CT molecular complexity index is 753. The zero-order valence-electron chi connectivity index (χ0n) is 14.0. The Morgan fingerprint density at radius 2 is 1.88 bits per heavy atom. The Labute approximate surface area is 144 Å². The van der Waals surface area contributed by atoms with Crippen molar-refractivity contribution in [2.75, 3.05) is 26.1 Å². The van der Waals surface area contributed by atoms with Crippen molar-refractivity contribution in [1.82, 2.24) is 0 Å². The number of thiophene rings is 1. The van der Waals surface area contributed by atoms with Gasteiger partial charge in [0.05, 0.1) is 19.8 Å². The molecule has 2 aromatic rings. The second-order valence-corrected chi connectivity index (χ2v) is 6.22. The topological polar surface area (TPSA) is 73.9 Å². The first-order chi connectivity index (χ1) is 11.5. The Hall–Kier alpha value is -2.54. The summed E-state index contributed by atoms with van der Waals surface area (Å²) in [6.45, 7) is 3.53. The molecule has 0 atom stereocenters. The van der Waals surface area contributed by atoms with Crippen LogP contribution in [-0.4, -0.2) is 32.7 Å². The molecule has 0 aliphatic rings. The Morgan fingerprint density at radius 3 is 2.54 bits per heavy atom. The standard InChI is InChI=1S/C17H19NO5S/c1-10-11(2)24-16(15(10)17(20)22-4)18-14(19)9-23-13-7-5-6-12(8-13)21-3/h5-8H,9H2,1-4H3,(H,18,19). The van der Waals surface area contributed by atoms with Crippen LogP contribution in [0.25, 0.3) is 0 Å². The molecule has 0 aliphatic carbocycles. The fourth-order valence-electron chi connectivity index (χ4n) is 2.07. The molecule has 1 aromatic heterocycles. The predicted molar refractivity (Wildman–Crippen MR) is 92.3 cm³/mol. The van der Waals surface area contributed by atoms with Gasteiger partial charge < -0.3 is 19.5 Å². The van der Waals surface area contributed by atoms with Crippen molar-refractivity contribution in [2.45, 2.75) is 13.8 Å². The number of rotatable bonds is 6. The lowest BCUT2D eigenvalue weighted by Gasteiger charge is -2.09. The minimum atomic E-state index is -0.471. The zero-order chi connectivity index (χ0) is 17.7. The van der Waals surface area contributed by atoms with Gasteiger partial charge in [0, 0.05) is 10.9 Å². The highest BCUT2D eigenvalue weighted by atomic mass is 32.1. The summed E-state index contributed by atoms with van der Waals surface area (Å²) in [4.78, 5) is 24.9. The van der Waals surface area contributed by atoms with Crippen LogP contribution in [0.4, 0.5) is 5.00 Å². The van der Waals surface area contributed by atoms with E-state index >= 15 is 0 Å². The van der Waals surface area contributed by atoms with E-state index in [1.54, 1.807) is 31.4 Å². The third-order valence-electron chi connectivity index (χ3n) is 3.44. The number of amides is 1. The van der Waals surface area contributed by atoms with Crippen LogP contribution in [-0.2, 0) is 9.53 Å². The molecular formula is C17H19NO5S. The number of hydrogen-bond acceptors (Lipinski definition) is 6. The highest BCUT2D eigenvalue weighted by Crippen LogP contribution is 2.32. The average Bonchev–Trinajstić information content (AvgIpc) is 2.86. The van der Waals surface area contributed by atoms with Gasteiger partial charge in [-0.2, -0.15) is 0 Å². The lowest BCUT2D eigenvalue weighted by atomic mass is 10.1. The summed E-state index contributed by atoms with van der Waals surface area (Å²) in [5, 5.41) is 3.18. The van der Waals surface area contributed by atoms with E-state index in [0.717, 1.165) is 10.4 Å². The van der Waals surface area contributed by atoms with Crippen molar-refractivity contribution in [3.63, 3.8) is 0 Å². The third kappa shape index (κ3) is 4.05. The smallest absolute Gasteiger partial charge is 0.341 e. The van der Waals surface area contributed by atoms with E-state index in [0.29, 0.717) is 22.1 Å². The fourth-order valence-corrected chi connectivity index (χ4v) is 3.13. The molecule has 0 bridgehead atoms. The summed E-state index contributed by atoms with van der Waals surface area (Å²) in [5.41, 5.74) is 1.19. The van der Waals surface area contributed by atoms with Crippen molar-refractivity contribution in [3.8, 4) is 11.5 Å². The highest BCUT2D eigenvalue weighted by Gasteiger charge is 2.21. The lowest BCUT2D eigenvalue weighted by Crippen LogP contribution is -2.21. The molecule has 0 spiro atoms. The minimum Gasteiger partial charge on any atom is -0.497 e. The fraction of sp³-hybridized carbons (Fsp3) is 0.294. The number of benzene rings is 1. The monoisotopic (exact) mass is 349 g/mol. The molecule has 1 aromatic carbocycles. The van der Waals surface area contributed by atoms with Gasteiger partial charge in [0.1, 0.15) is 16.5 Å². The van der Waals surface area contributed by atoms with Crippen molar-refractivity contribution >= 4 is 28.2 Å². The van der Waals surface area contributed by atoms with Crippen LogP contribution in [0.2, 0.25) is 0 Å². The van der Waals surface area contributed by atoms with Crippen molar-refractivity contribution in [1.29, 1.82) is 0 Å². The number of carbonyl (C=O) groups is 2. The van der Waals surface area contributed by atoms with Gasteiger partial charge in [0.25, 0.3) is 5.91 Å². The van der Waals surface area contributed by atoms with Crippen LogP contribution < -0.4 is 14.8 Å². The largest absolute Gasteiger partial charge is 0.497 e. The first-order valence-electron chi connectivity index (χ1n) is 7.21. The molecule has 0 unspecified atom stereocenters. The molecular weight excluding hydrogens is 330 g/mol. The maximum absolute atomic E-state index is 12.1. The summed E-state index contributed by atoms with van der Waals surface area (Å²) < 4.78 is 15.3. The minimum absolute atomic E-state index is 0.177. The van der Waals surface area contributed by atoms with E-state index in [-0.39, 0.29) is 12.5 Å². The summed E-state index contributed by atoms with van der Waals surface area (Å²) in [5.74, 6) is 0.340. The van der Waals surface area contributed by atoms with Crippen LogP contribution in [0.1, 0.15) is 20.8 Å². The molecule has 6 nitrogen and oxygen atoms in total. The van der Waals surface area contributed by atoms with Gasteiger partial charge in [-0.05, 0) is 31.5 Å². The number of anilines is 1. The van der Waals surface area contributed by atoms with Gasteiger partial charge in [-0.25, -0.2) is 4.79 Å². The average molecular weight is 349 g/mol. The van der Waals surface area contributed by atoms with E-state index in [1.165, 1.54) is 18.4 Å². The number of ether oxygens (including phenoxy) is 3. The van der Waals surface area contributed by atoms with E-state index < -0.39 is 5.97 Å². The van der Waals surface area contributed by atoms with E-state index in [2.05, 4.69) is 5.32 Å². The van der Waals surface area contributed by atoms with Crippen LogP contribution >= 0.6 is 11.3 Å². The summed E-state index contributed by atoms with van der Waals surface area (Å²) >= 11 is 1.33. The second kappa shape index (κ2) is 7.83. The predicted octanol–water partition coefficient (Wildman–Crippen LogP) is 3.18. The number of methoxy groups -OCH3 is 2. The normalized spacial score (nSPS) is 10.2. The lowest BCUT2D eigenvalue weighted by molar-refractivity contribution is -0.118. The van der Waals surface area contributed by atoms with Gasteiger partial charge in [-0.15, -0.1) is 11.3 Å². The van der Waals surface area contributed by atoms with Crippen molar-refractivity contribution < 1.29 is 23.8 Å². The number of carbonyl (C=O) groups excluding carboxylic acids is 2. The number of hydrogen-bond donors (Lipinski definition) is 1. The molecule has 0 saturated heterocycles. The second-order valence-electron chi connectivity index (χ2n) is 4.99. The van der Waals surface area contributed by atoms with Gasteiger partial charge in [0.15, 0.2) is 6.61 Å². The van der Waals surface area contributed by atoms with Crippen LogP contribution in [0.15, 0.2) is 24.3 Å². The van der Waals surface area contributed by atoms with E-state index in [1.807, 2.05) is 13.8 Å². The molecule has 2 rings (SSSR count). The zero-order valence-corrected chi connectivity index (χ0v) is 14.8. The molecule has 24 heavy (non-hydrogen) atoms. The van der Waals surface area contributed by atoms with E-state index in [4.69, 9.17) is 14.2 Å². The first kappa shape index (κ1) is 17.8. The number of esters is 1.